The standard InChI is InChI=1S/C12H13BrN2O4S/c1-18-11-4-2-8(6-10(11)13)15-20(16,17)12-5-3-9(7-14)19-12/h2-6,15H,7,14H2,1H3. The molecule has 0 aliphatic heterocycles. The highest BCUT2D eigenvalue weighted by molar-refractivity contribution is 9.10. The van der Waals surface area contributed by atoms with Gasteiger partial charge in [-0.2, -0.15) is 8.42 Å². The van der Waals surface area contributed by atoms with Crippen LogP contribution < -0.4 is 15.2 Å². The number of nitrogens with two attached hydrogens (primary N) is 1. The van der Waals surface area contributed by atoms with Gasteiger partial charge in [0.2, 0.25) is 5.09 Å². The number of hydrogen-bond donors (Lipinski definition) is 2. The van der Waals surface area contributed by atoms with Crippen LogP contribution in [0.3, 0.4) is 0 Å². The molecule has 108 valence electrons. The molecule has 0 radical (unpaired) electrons. The first-order valence-corrected chi connectivity index (χ1v) is 7.89. The van der Waals surface area contributed by atoms with Crippen LogP contribution in [-0.2, 0) is 16.6 Å². The smallest absolute Gasteiger partial charge is 0.295 e. The summed E-state index contributed by atoms with van der Waals surface area (Å²) in [7, 11) is -2.24. The largest absolute Gasteiger partial charge is 0.496 e. The van der Waals surface area contributed by atoms with E-state index in [1.807, 2.05) is 0 Å². The van der Waals surface area contributed by atoms with Crippen LogP contribution in [0.15, 0.2) is 44.3 Å². The van der Waals surface area contributed by atoms with Crippen molar-refractivity contribution in [1.82, 2.24) is 0 Å². The lowest BCUT2D eigenvalue weighted by atomic mass is 10.3. The minimum absolute atomic E-state index is 0.142. The van der Waals surface area contributed by atoms with Gasteiger partial charge in [0.25, 0.3) is 10.0 Å². The third-order valence-corrected chi connectivity index (χ3v) is 4.38. The molecule has 0 saturated heterocycles. The highest BCUT2D eigenvalue weighted by atomic mass is 79.9. The third kappa shape index (κ3) is 3.14. The monoisotopic (exact) mass is 360 g/mol. The number of methoxy groups -OCH3 is 1. The molecule has 8 heteroatoms. The van der Waals surface area contributed by atoms with E-state index in [1.54, 1.807) is 18.2 Å². The molecule has 0 saturated carbocycles. The van der Waals surface area contributed by atoms with E-state index < -0.39 is 10.0 Å². The average Bonchev–Trinajstić information content (AvgIpc) is 2.88. The van der Waals surface area contributed by atoms with E-state index in [9.17, 15) is 8.42 Å². The Hall–Kier alpha value is -1.51. The molecule has 0 bridgehead atoms. The van der Waals surface area contributed by atoms with Crippen molar-refractivity contribution in [3.8, 4) is 5.75 Å². The SMILES string of the molecule is COc1ccc(NS(=O)(=O)c2ccc(CN)o2)cc1Br. The molecule has 0 spiro atoms. The highest BCUT2D eigenvalue weighted by Crippen LogP contribution is 2.29. The first kappa shape index (κ1) is 14.9. The summed E-state index contributed by atoms with van der Waals surface area (Å²) in [6.45, 7) is 0.142. The molecule has 0 fully saturated rings. The summed E-state index contributed by atoms with van der Waals surface area (Å²) in [5.74, 6) is 1.01. The fourth-order valence-electron chi connectivity index (χ4n) is 1.55. The van der Waals surface area contributed by atoms with Crippen LogP contribution in [-0.4, -0.2) is 15.5 Å². The van der Waals surface area contributed by atoms with Gasteiger partial charge in [0.15, 0.2) is 0 Å². The Morgan fingerprint density at radius 3 is 2.65 bits per heavy atom. The summed E-state index contributed by atoms with van der Waals surface area (Å²) in [6.07, 6.45) is 0. The van der Waals surface area contributed by atoms with Crippen molar-refractivity contribution in [3.63, 3.8) is 0 Å². The number of sulfonamides is 1. The summed E-state index contributed by atoms with van der Waals surface area (Å²) in [6, 6.07) is 7.73. The molecule has 0 amide bonds. The van der Waals surface area contributed by atoms with Crippen molar-refractivity contribution in [3.05, 3.63) is 40.6 Å². The number of hydrogen-bond acceptors (Lipinski definition) is 5. The molecule has 1 aromatic heterocycles. The molecular formula is C12H13BrN2O4S. The molecule has 2 rings (SSSR count). The Morgan fingerprint density at radius 2 is 2.10 bits per heavy atom. The predicted octanol–water partition coefficient (Wildman–Crippen LogP) is 2.31. The third-order valence-electron chi connectivity index (χ3n) is 2.51. The summed E-state index contributed by atoms with van der Waals surface area (Å²) >= 11 is 3.29. The maximum Gasteiger partial charge on any atom is 0.295 e. The molecule has 2 aromatic rings. The molecule has 6 nitrogen and oxygen atoms in total. The van der Waals surface area contributed by atoms with E-state index >= 15 is 0 Å². The number of benzene rings is 1. The molecule has 0 atom stereocenters. The van der Waals surface area contributed by atoms with Gasteiger partial charge in [-0.3, -0.25) is 4.72 Å². The predicted molar refractivity (Wildman–Crippen MR) is 78.1 cm³/mol. The van der Waals surface area contributed by atoms with Crippen molar-refractivity contribution in [2.45, 2.75) is 11.6 Å². The van der Waals surface area contributed by atoms with E-state index in [2.05, 4.69) is 20.7 Å². The van der Waals surface area contributed by atoms with Crippen LogP contribution >= 0.6 is 15.9 Å². The van der Waals surface area contributed by atoms with Crippen molar-refractivity contribution >= 4 is 31.6 Å². The second kappa shape index (κ2) is 5.86. The molecule has 3 N–H and O–H groups in total. The van der Waals surface area contributed by atoms with Crippen LogP contribution in [0.25, 0.3) is 0 Å². The van der Waals surface area contributed by atoms with Gasteiger partial charge < -0.3 is 14.9 Å². The Kier molecular flexibility index (Phi) is 4.36. The van der Waals surface area contributed by atoms with Gasteiger partial charge >= 0.3 is 0 Å². The maximum absolute atomic E-state index is 12.1. The lowest BCUT2D eigenvalue weighted by Crippen LogP contribution is -2.12. The van der Waals surface area contributed by atoms with Gasteiger partial charge in [0.05, 0.1) is 23.8 Å². The quantitative estimate of drug-likeness (QED) is 0.852. The number of halogens is 1. The van der Waals surface area contributed by atoms with Crippen LogP contribution in [0.4, 0.5) is 5.69 Å². The van der Waals surface area contributed by atoms with Crippen molar-refractivity contribution in [1.29, 1.82) is 0 Å². The van der Waals surface area contributed by atoms with Gasteiger partial charge in [-0.05, 0) is 46.3 Å². The van der Waals surface area contributed by atoms with Crippen LogP contribution in [0.5, 0.6) is 5.75 Å². The van der Waals surface area contributed by atoms with Gasteiger partial charge in [-0.15, -0.1) is 0 Å². The van der Waals surface area contributed by atoms with Crippen molar-refractivity contribution < 1.29 is 17.6 Å². The zero-order valence-electron chi connectivity index (χ0n) is 10.6. The van der Waals surface area contributed by atoms with Crippen LogP contribution in [0.2, 0.25) is 0 Å². The summed E-state index contributed by atoms with van der Waals surface area (Å²) in [5, 5.41) is -0.176. The number of nitrogens with one attached hydrogen (secondary N) is 1. The summed E-state index contributed by atoms with van der Waals surface area (Å²) in [5.41, 5.74) is 5.77. The van der Waals surface area contributed by atoms with E-state index in [0.29, 0.717) is 21.7 Å². The Labute approximate surface area is 125 Å². The fourth-order valence-corrected chi connectivity index (χ4v) is 3.09. The first-order valence-electron chi connectivity index (χ1n) is 5.61. The van der Waals surface area contributed by atoms with E-state index in [0.717, 1.165) is 0 Å². The fraction of sp³-hybridized carbons (Fsp3) is 0.167. The van der Waals surface area contributed by atoms with Crippen LogP contribution in [0, 0.1) is 0 Å². The lowest BCUT2D eigenvalue weighted by Gasteiger charge is -2.08. The second-order valence-electron chi connectivity index (χ2n) is 3.88. The van der Waals surface area contributed by atoms with Crippen LogP contribution in [0.1, 0.15) is 5.76 Å². The minimum atomic E-state index is -3.77. The van der Waals surface area contributed by atoms with Gasteiger partial charge in [-0.1, -0.05) is 0 Å². The normalized spacial score (nSPS) is 11.3. The molecular weight excluding hydrogens is 348 g/mol. The molecule has 0 unspecified atom stereocenters. The lowest BCUT2D eigenvalue weighted by molar-refractivity contribution is 0.412. The highest BCUT2D eigenvalue weighted by Gasteiger charge is 2.19. The minimum Gasteiger partial charge on any atom is -0.496 e. The van der Waals surface area contributed by atoms with E-state index in [1.165, 1.54) is 19.2 Å². The zero-order valence-corrected chi connectivity index (χ0v) is 13.0. The second-order valence-corrected chi connectivity index (χ2v) is 6.35. The summed E-state index contributed by atoms with van der Waals surface area (Å²) < 4.78 is 37.5. The van der Waals surface area contributed by atoms with E-state index in [4.69, 9.17) is 14.9 Å². The topological polar surface area (TPSA) is 94.6 Å². The first-order chi connectivity index (χ1) is 9.46. The number of rotatable bonds is 5. The van der Waals surface area contributed by atoms with Gasteiger partial charge in [0.1, 0.15) is 11.5 Å². The van der Waals surface area contributed by atoms with Crippen molar-refractivity contribution in [2.24, 2.45) is 5.73 Å². The zero-order chi connectivity index (χ0) is 14.8. The Balaban J connectivity index is 2.26. The molecule has 20 heavy (non-hydrogen) atoms. The molecule has 0 aliphatic carbocycles. The Bertz CT molecular complexity index is 712. The number of furan rings is 1. The average molecular weight is 361 g/mol. The number of anilines is 1. The van der Waals surface area contributed by atoms with Crippen molar-refractivity contribution in [2.75, 3.05) is 11.8 Å². The van der Waals surface area contributed by atoms with E-state index in [-0.39, 0.29) is 11.6 Å². The molecule has 1 heterocycles. The number of ether oxygens (including phenoxy) is 1. The molecule has 0 aliphatic rings. The molecule has 1 aromatic carbocycles. The Morgan fingerprint density at radius 1 is 1.35 bits per heavy atom. The summed E-state index contributed by atoms with van der Waals surface area (Å²) in [4.78, 5) is 0. The maximum atomic E-state index is 12.1. The van der Waals surface area contributed by atoms with Gasteiger partial charge in [-0.25, -0.2) is 0 Å². The van der Waals surface area contributed by atoms with Gasteiger partial charge in [0, 0.05) is 0 Å².